The van der Waals surface area contributed by atoms with Gasteiger partial charge in [0.25, 0.3) is 15.9 Å². The minimum Gasteiger partial charge on any atom is -0.393 e. The molecule has 0 saturated carbocycles. The van der Waals surface area contributed by atoms with Gasteiger partial charge < -0.3 is 10.4 Å². The molecule has 0 aliphatic heterocycles. The summed E-state index contributed by atoms with van der Waals surface area (Å²) < 4.78 is 25.0. The van der Waals surface area contributed by atoms with Gasteiger partial charge in [-0.05, 0) is 43.7 Å². The van der Waals surface area contributed by atoms with Crippen molar-refractivity contribution in [3.05, 3.63) is 79.1 Å². The van der Waals surface area contributed by atoms with Gasteiger partial charge in [-0.2, -0.15) is 0 Å². The zero-order valence-corrected chi connectivity index (χ0v) is 15.9. The van der Waals surface area contributed by atoms with Gasteiger partial charge in [0, 0.05) is 17.8 Å². The van der Waals surface area contributed by atoms with Crippen molar-refractivity contribution in [3.8, 4) is 0 Å². The standard InChI is InChI=1S/C19H24N2O5S/c1-4-6-10-17(8-5-2)20-19(23)16-9-7-11-18(14-16)27(25,26)21(24)13-12-15(3)22/h4-11,14-15,22,24H,1-2,12-13H2,3H3,(H,20,23)/b10-6-,17-8+. The molecule has 0 bridgehead atoms. The van der Waals surface area contributed by atoms with Crippen molar-refractivity contribution in [2.24, 2.45) is 0 Å². The highest BCUT2D eigenvalue weighted by Crippen LogP contribution is 2.17. The number of aliphatic hydroxyl groups excluding tert-OH is 1. The Morgan fingerprint density at radius 1 is 1.33 bits per heavy atom. The molecular formula is C19H24N2O5S. The van der Waals surface area contributed by atoms with E-state index >= 15 is 0 Å². The molecule has 0 saturated heterocycles. The Kier molecular flexibility index (Phi) is 8.83. The molecule has 1 unspecified atom stereocenters. The predicted molar refractivity (Wildman–Crippen MR) is 104 cm³/mol. The minimum atomic E-state index is -4.20. The average Bonchev–Trinajstić information content (AvgIpc) is 2.64. The molecule has 1 rings (SSSR count). The number of nitrogens with zero attached hydrogens (tertiary/aromatic N) is 1. The summed E-state index contributed by atoms with van der Waals surface area (Å²) in [7, 11) is -4.20. The first-order chi connectivity index (χ1) is 12.7. The van der Waals surface area contributed by atoms with E-state index in [0.29, 0.717) is 5.70 Å². The fraction of sp³-hybridized carbons (Fsp3) is 0.211. The second-order valence-electron chi connectivity index (χ2n) is 5.62. The third-order valence-electron chi connectivity index (χ3n) is 3.38. The Morgan fingerprint density at radius 2 is 2.04 bits per heavy atom. The van der Waals surface area contributed by atoms with E-state index in [4.69, 9.17) is 0 Å². The summed E-state index contributed by atoms with van der Waals surface area (Å²) in [6.07, 6.45) is 7.16. The van der Waals surface area contributed by atoms with E-state index in [1.807, 2.05) is 0 Å². The number of nitrogens with one attached hydrogen (secondary N) is 1. The van der Waals surface area contributed by atoms with Crippen molar-refractivity contribution in [1.82, 2.24) is 9.79 Å². The first kappa shape index (κ1) is 22.5. The van der Waals surface area contributed by atoms with E-state index in [9.17, 15) is 23.5 Å². The second-order valence-corrected chi connectivity index (χ2v) is 7.47. The van der Waals surface area contributed by atoms with Gasteiger partial charge in [0.1, 0.15) is 0 Å². The van der Waals surface area contributed by atoms with E-state index in [0.717, 1.165) is 0 Å². The smallest absolute Gasteiger partial charge is 0.264 e. The number of carbonyl (C=O) groups is 1. The largest absolute Gasteiger partial charge is 0.393 e. The number of allylic oxidation sites excluding steroid dienone is 5. The maximum absolute atomic E-state index is 12.4. The number of rotatable bonds is 10. The monoisotopic (exact) mass is 392 g/mol. The third kappa shape index (κ3) is 6.95. The molecule has 0 fully saturated rings. The van der Waals surface area contributed by atoms with Gasteiger partial charge in [0.05, 0.1) is 11.0 Å². The SMILES string of the molecule is C=C/C=C\C(=C/C=C)NC(=O)c1cccc(S(=O)(=O)N(O)CCC(C)O)c1. The first-order valence-corrected chi connectivity index (χ1v) is 9.59. The van der Waals surface area contributed by atoms with E-state index in [-0.39, 0.29) is 27.9 Å². The number of hydrogen-bond acceptors (Lipinski definition) is 5. The molecule has 146 valence electrons. The summed E-state index contributed by atoms with van der Waals surface area (Å²) in [6.45, 7) is 8.33. The lowest BCUT2D eigenvalue weighted by atomic mass is 10.2. The van der Waals surface area contributed by atoms with Crippen LogP contribution in [0.15, 0.2) is 78.4 Å². The lowest BCUT2D eigenvalue weighted by Crippen LogP contribution is -2.30. The third-order valence-corrected chi connectivity index (χ3v) is 4.96. The summed E-state index contributed by atoms with van der Waals surface area (Å²) in [5, 5.41) is 21.7. The van der Waals surface area contributed by atoms with Gasteiger partial charge >= 0.3 is 0 Å². The van der Waals surface area contributed by atoms with Crippen LogP contribution in [0, 0.1) is 0 Å². The van der Waals surface area contributed by atoms with Crippen molar-refractivity contribution >= 4 is 15.9 Å². The van der Waals surface area contributed by atoms with Crippen LogP contribution >= 0.6 is 0 Å². The van der Waals surface area contributed by atoms with E-state index < -0.39 is 22.0 Å². The number of hydrogen-bond donors (Lipinski definition) is 3. The molecule has 27 heavy (non-hydrogen) atoms. The zero-order valence-electron chi connectivity index (χ0n) is 15.1. The van der Waals surface area contributed by atoms with Gasteiger partial charge in [0.2, 0.25) is 0 Å². The van der Waals surface area contributed by atoms with Crippen LogP contribution in [-0.4, -0.2) is 41.8 Å². The molecule has 1 atom stereocenters. The number of aliphatic hydroxyl groups is 1. The number of carbonyl (C=O) groups excluding carboxylic acids is 1. The average molecular weight is 392 g/mol. The van der Waals surface area contributed by atoms with Crippen LogP contribution in [0.1, 0.15) is 23.7 Å². The van der Waals surface area contributed by atoms with Crippen LogP contribution in [0.4, 0.5) is 0 Å². The summed E-state index contributed by atoms with van der Waals surface area (Å²) in [5.74, 6) is -0.526. The molecule has 1 amide bonds. The summed E-state index contributed by atoms with van der Waals surface area (Å²) in [4.78, 5) is 12.2. The van der Waals surface area contributed by atoms with E-state index in [1.165, 1.54) is 37.3 Å². The highest BCUT2D eigenvalue weighted by Gasteiger charge is 2.24. The first-order valence-electron chi connectivity index (χ1n) is 8.15. The number of amides is 1. The van der Waals surface area contributed by atoms with Gasteiger partial charge in [0.15, 0.2) is 0 Å². The molecule has 0 heterocycles. The van der Waals surface area contributed by atoms with Crippen molar-refractivity contribution < 1.29 is 23.5 Å². The Bertz CT molecular complexity index is 841. The number of hydroxylamine groups is 1. The lowest BCUT2D eigenvalue weighted by Gasteiger charge is -2.16. The molecule has 0 spiro atoms. The van der Waals surface area contributed by atoms with Crippen LogP contribution in [0.2, 0.25) is 0 Å². The van der Waals surface area contributed by atoms with Gasteiger partial charge in [-0.25, -0.2) is 8.42 Å². The molecule has 1 aromatic carbocycles. The maximum Gasteiger partial charge on any atom is 0.264 e. The van der Waals surface area contributed by atoms with Crippen LogP contribution in [0.3, 0.4) is 0 Å². The number of benzene rings is 1. The van der Waals surface area contributed by atoms with Crippen molar-refractivity contribution in [2.45, 2.75) is 24.3 Å². The Labute approximate surface area is 159 Å². The molecule has 0 aliphatic rings. The minimum absolute atomic E-state index is 0.0707. The van der Waals surface area contributed by atoms with Crippen LogP contribution in [0.5, 0.6) is 0 Å². The molecule has 1 aromatic rings. The van der Waals surface area contributed by atoms with Gasteiger partial charge in [-0.1, -0.05) is 41.9 Å². The highest BCUT2D eigenvalue weighted by atomic mass is 32.2. The molecular weight excluding hydrogens is 368 g/mol. The molecule has 8 heteroatoms. The molecule has 0 radical (unpaired) electrons. The van der Waals surface area contributed by atoms with Crippen LogP contribution < -0.4 is 5.32 Å². The van der Waals surface area contributed by atoms with Gasteiger partial charge in [-0.3, -0.25) is 10.0 Å². The molecule has 7 nitrogen and oxygen atoms in total. The molecule has 0 aliphatic carbocycles. The van der Waals surface area contributed by atoms with Crippen molar-refractivity contribution in [2.75, 3.05) is 6.54 Å². The number of sulfonamides is 1. The quantitative estimate of drug-likeness (QED) is 0.419. The highest BCUT2D eigenvalue weighted by molar-refractivity contribution is 7.89. The fourth-order valence-corrected chi connectivity index (χ4v) is 3.09. The van der Waals surface area contributed by atoms with Crippen LogP contribution in [-0.2, 0) is 10.0 Å². The maximum atomic E-state index is 12.4. The summed E-state index contributed by atoms with van der Waals surface area (Å²) in [6, 6.07) is 5.30. The van der Waals surface area contributed by atoms with E-state index in [1.54, 1.807) is 24.3 Å². The predicted octanol–water partition coefficient (Wildman–Crippen LogP) is 2.38. The molecule has 3 N–H and O–H groups in total. The summed E-state index contributed by atoms with van der Waals surface area (Å²) in [5.41, 5.74) is 0.547. The van der Waals surface area contributed by atoms with Crippen LogP contribution in [0.25, 0.3) is 0 Å². The Morgan fingerprint density at radius 3 is 2.63 bits per heavy atom. The van der Waals surface area contributed by atoms with Crippen molar-refractivity contribution in [3.63, 3.8) is 0 Å². The molecule has 0 aromatic heterocycles. The Balaban J connectivity index is 3.05. The van der Waals surface area contributed by atoms with Gasteiger partial charge in [-0.15, -0.1) is 0 Å². The Hall–Kier alpha value is -2.52. The zero-order chi connectivity index (χ0) is 20.4. The topological polar surface area (TPSA) is 107 Å². The summed E-state index contributed by atoms with van der Waals surface area (Å²) >= 11 is 0. The lowest BCUT2D eigenvalue weighted by molar-refractivity contribution is -0.00667. The second kappa shape index (κ2) is 10.6. The van der Waals surface area contributed by atoms with E-state index in [2.05, 4.69) is 18.5 Å². The fourth-order valence-electron chi connectivity index (χ4n) is 1.98. The normalized spacial score (nSPS) is 13.6. The van der Waals surface area contributed by atoms with Crippen molar-refractivity contribution in [1.29, 1.82) is 0 Å².